The maximum absolute atomic E-state index is 5.48. The van der Waals surface area contributed by atoms with Gasteiger partial charge >= 0.3 is 0 Å². The second-order valence-electron chi connectivity index (χ2n) is 3.31. The molecule has 15 heavy (non-hydrogen) atoms. The molecule has 3 N–H and O–H groups in total. The number of anilines is 1. The van der Waals surface area contributed by atoms with E-state index in [1.165, 1.54) is 30.8 Å². The number of rotatable bonds is 8. The van der Waals surface area contributed by atoms with E-state index in [1.807, 2.05) is 0 Å². The summed E-state index contributed by atoms with van der Waals surface area (Å²) in [6.07, 6.45) is 4.86. The number of hydrazine groups is 1. The number of ether oxygens (including phenoxy) is 1. The van der Waals surface area contributed by atoms with E-state index >= 15 is 0 Å². The Hall–Kier alpha value is -0.720. The van der Waals surface area contributed by atoms with Gasteiger partial charge in [0.15, 0.2) is 0 Å². The second-order valence-corrected chi connectivity index (χ2v) is 4.06. The van der Waals surface area contributed by atoms with Crippen molar-refractivity contribution in [2.45, 2.75) is 39.2 Å². The topological polar surface area (TPSA) is 73.1 Å². The van der Waals surface area contributed by atoms with Gasteiger partial charge in [0.2, 0.25) is 0 Å². The van der Waals surface area contributed by atoms with Crippen LogP contribution in [0.5, 0.6) is 0 Å². The fourth-order valence-corrected chi connectivity index (χ4v) is 1.69. The molecule has 0 bridgehead atoms. The average molecular weight is 230 g/mol. The van der Waals surface area contributed by atoms with Gasteiger partial charge in [-0.3, -0.25) is 0 Å². The zero-order valence-corrected chi connectivity index (χ0v) is 9.85. The number of nitrogens with two attached hydrogens (primary N) is 1. The van der Waals surface area contributed by atoms with Crippen molar-refractivity contribution in [2.75, 3.05) is 12.0 Å². The third kappa shape index (κ3) is 4.55. The van der Waals surface area contributed by atoms with E-state index in [-0.39, 0.29) is 0 Å². The molecule has 0 aliphatic rings. The zero-order valence-electron chi connectivity index (χ0n) is 9.03. The smallest absolute Gasteiger partial charge is 0.149 e. The number of nitrogens with zero attached hydrogens (tertiary/aromatic N) is 2. The molecule has 0 aliphatic heterocycles. The summed E-state index contributed by atoms with van der Waals surface area (Å²) >= 11 is 1.24. The van der Waals surface area contributed by atoms with Crippen molar-refractivity contribution in [3.8, 4) is 0 Å². The van der Waals surface area contributed by atoms with Gasteiger partial charge in [-0.1, -0.05) is 30.7 Å². The summed E-state index contributed by atoms with van der Waals surface area (Å²) in [5.74, 6) is 5.29. The fourth-order valence-electron chi connectivity index (χ4n) is 1.21. The molecule has 0 unspecified atom stereocenters. The van der Waals surface area contributed by atoms with Crippen LogP contribution in [-0.2, 0) is 11.3 Å². The van der Waals surface area contributed by atoms with Crippen molar-refractivity contribution in [1.29, 1.82) is 0 Å². The van der Waals surface area contributed by atoms with Crippen LogP contribution in [0.1, 0.15) is 38.3 Å². The first kappa shape index (κ1) is 12.4. The van der Waals surface area contributed by atoms with Gasteiger partial charge in [0, 0.05) is 18.1 Å². The van der Waals surface area contributed by atoms with Gasteiger partial charge in [0.1, 0.15) is 10.7 Å². The minimum atomic E-state index is 0.488. The summed E-state index contributed by atoms with van der Waals surface area (Å²) in [5, 5.41) is 4.70. The van der Waals surface area contributed by atoms with Gasteiger partial charge < -0.3 is 10.2 Å². The third-order valence-corrected chi connectivity index (χ3v) is 2.77. The normalized spacial score (nSPS) is 10.5. The molecule has 0 radical (unpaired) electrons. The molecule has 0 amide bonds. The monoisotopic (exact) mass is 230 g/mol. The van der Waals surface area contributed by atoms with E-state index in [0.29, 0.717) is 6.61 Å². The summed E-state index contributed by atoms with van der Waals surface area (Å²) in [4.78, 5) is 0. The van der Waals surface area contributed by atoms with Gasteiger partial charge in [0.25, 0.3) is 0 Å². The van der Waals surface area contributed by atoms with Crippen LogP contribution in [-0.4, -0.2) is 16.2 Å². The number of aromatic nitrogens is 2. The van der Waals surface area contributed by atoms with Crippen LogP contribution < -0.4 is 11.3 Å². The average Bonchev–Trinajstić information content (AvgIpc) is 2.70. The number of hydrogen-bond donors (Lipinski definition) is 2. The Bertz CT molecular complexity index is 266. The summed E-state index contributed by atoms with van der Waals surface area (Å²) in [6, 6.07) is 0. The molecule has 1 aromatic heterocycles. The maximum Gasteiger partial charge on any atom is 0.149 e. The first-order valence-corrected chi connectivity index (χ1v) is 6.01. The standard InChI is InChI=1S/C9H18N4OS/c1-2-3-4-5-6-14-7-8-9(11-10)15-13-12-8/h11H,2-7,10H2,1H3. The van der Waals surface area contributed by atoms with Crippen molar-refractivity contribution >= 4 is 16.5 Å². The molecule has 0 saturated heterocycles. The van der Waals surface area contributed by atoms with Crippen LogP contribution >= 0.6 is 11.5 Å². The van der Waals surface area contributed by atoms with Crippen molar-refractivity contribution in [3.05, 3.63) is 5.69 Å². The van der Waals surface area contributed by atoms with Gasteiger partial charge in [-0.15, -0.1) is 5.10 Å². The highest BCUT2D eigenvalue weighted by Gasteiger charge is 2.05. The molecule has 0 spiro atoms. The van der Waals surface area contributed by atoms with Crippen molar-refractivity contribution in [3.63, 3.8) is 0 Å². The van der Waals surface area contributed by atoms with E-state index in [1.54, 1.807) is 0 Å². The zero-order chi connectivity index (χ0) is 10.9. The van der Waals surface area contributed by atoms with Crippen LogP contribution in [0.3, 0.4) is 0 Å². The van der Waals surface area contributed by atoms with E-state index in [9.17, 15) is 0 Å². The summed E-state index contributed by atoms with van der Waals surface area (Å²) < 4.78 is 9.27. The third-order valence-electron chi connectivity index (χ3n) is 2.07. The highest BCUT2D eigenvalue weighted by molar-refractivity contribution is 7.10. The van der Waals surface area contributed by atoms with Gasteiger partial charge in [-0.2, -0.15) is 0 Å². The lowest BCUT2D eigenvalue weighted by atomic mass is 10.2. The Morgan fingerprint density at radius 2 is 2.27 bits per heavy atom. The number of nitrogens with one attached hydrogen (secondary N) is 1. The van der Waals surface area contributed by atoms with E-state index < -0.39 is 0 Å². The van der Waals surface area contributed by atoms with Crippen molar-refractivity contribution in [2.24, 2.45) is 5.84 Å². The predicted molar refractivity (Wildman–Crippen MR) is 61.5 cm³/mol. The molecule has 0 saturated carbocycles. The minimum absolute atomic E-state index is 0.488. The van der Waals surface area contributed by atoms with Gasteiger partial charge in [-0.25, -0.2) is 5.84 Å². The lowest BCUT2D eigenvalue weighted by molar-refractivity contribution is 0.114. The molecule has 0 aromatic carbocycles. The summed E-state index contributed by atoms with van der Waals surface area (Å²) in [6.45, 7) is 3.46. The van der Waals surface area contributed by atoms with Crippen LogP contribution in [0.2, 0.25) is 0 Å². The van der Waals surface area contributed by atoms with Crippen molar-refractivity contribution in [1.82, 2.24) is 9.59 Å². The molecule has 0 fully saturated rings. The van der Waals surface area contributed by atoms with Gasteiger partial charge in [0.05, 0.1) is 6.61 Å². The number of nitrogen functional groups attached to an aromatic ring is 1. The Labute approximate surface area is 94.1 Å². The fraction of sp³-hybridized carbons (Fsp3) is 0.778. The highest BCUT2D eigenvalue weighted by atomic mass is 32.1. The number of unbranched alkanes of at least 4 members (excludes halogenated alkanes) is 3. The predicted octanol–water partition coefficient (Wildman–Crippen LogP) is 1.92. The van der Waals surface area contributed by atoms with E-state index in [0.717, 1.165) is 23.7 Å². The SMILES string of the molecule is CCCCCCOCc1nnsc1NN. The lowest BCUT2D eigenvalue weighted by Crippen LogP contribution is -2.08. The van der Waals surface area contributed by atoms with Crippen LogP contribution in [0.15, 0.2) is 0 Å². The molecule has 1 rings (SSSR count). The molecular formula is C9H18N4OS. The molecule has 1 heterocycles. The van der Waals surface area contributed by atoms with E-state index in [2.05, 4.69) is 21.9 Å². The lowest BCUT2D eigenvalue weighted by Gasteiger charge is -2.02. The molecular weight excluding hydrogens is 212 g/mol. The Kier molecular flexibility index (Phi) is 6.22. The highest BCUT2D eigenvalue weighted by Crippen LogP contribution is 2.16. The molecule has 0 atom stereocenters. The second kappa shape index (κ2) is 7.56. The first-order chi connectivity index (χ1) is 7.38. The van der Waals surface area contributed by atoms with Crippen LogP contribution in [0.4, 0.5) is 5.00 Å². The Balaban J connectivity index is 2.09. The largest absolute Gasteiger partial charge is 0.375 e. The number of hydrogen-bond acceptors (Lipinski definition) is 6. The summed E-state index contributed by atoms with van der Waals surface area (Å²) in [5.41, 5.74) is 3.34. The molecule has 0 aliphatic carbocycles. The van der Waals surface area contributed by atoms with Gasteiger partial charge in [-0.05, 0) is 6.42 Å². The van der Waals surface area contributed by atoms with E-state index in [4.69, 9.17) is 10.6 Å². The Morgan fingerprint density at radius 3 is 3.00 bits per heavy atom. The molecule has 6 heteroatoms. The van der Waals surface area contributed by atoms with Crippen LogP contribution in [0.25, 0.3) is 0 Å². The molecule has 5 nitrogen and oxygen atoms in total. The maximum atomic E-state index is 5.48. The van der Waals surface area contributed by atoms with Crippen LogP contribution in [0, 0.1) is 0 Å². The quantitative estimate of drug-likeness (QED) is 0.405. The Morgan fingerprint density at radius 1 is 1.40 bits per heavy atom. The summed E-state index contributed by atoms with van der Waals surface area (Å²) in [7, 11) is 0. The first-order valence-electron chi connectivity index (χ1n) is 5.24. The minimum Gasteiger partial charge on any atom is -0.375 e. The molecule has 86 valence electrons. The molecule has 1 aromatic rings. The van der Waals surface area contributed by atoms with Crippen molar-refractivity contribution < 1.29 is 4.74 Å².